The molecule has 0 bridgehead atoms. The number of hydrogen-bond donors (Lipinski definition) is 0. The van der Waals surface area contributed by atoms with E-state index in [4.69, 9.17) is 10.3 Å². The standard InChI is InChI=1S/C10H12N4O2/c1-10(2,3)16-9(15)8-6-7(13-14-11)4-5-12-8/h4-6H,1-3H3. The van der Waals surface area contributed by atoms with Gasteiger partial charge in [0.05, 0.1) is 0 Å². The summed E-state index contributed by atoms with van der Waals surface area (Å²) in [5.74, 6) is -0.539. The van der Waals surface area contributed by atoms with Crippen molar-refractivity contribution in [3.63, 3.8) is 0 Å². The molecule has 0 atom stereocenters. The Hall–Kier alpha value is -2.07. The van der Waals surface area contributed by atoms with Crippen molar-refractivity contribution in [2.75, 3.05) is 0 Å². The first-order chi connectivity index (χ1) is 7.42. The van der Waals surface area contributed by atoms with Crippen LogP contribution in [0, 0.1) is 0 Å². The molecule has 1 aromatic heterocycles. The van der Waals surface area contributed by atoms with Crippen LogP contribution in [0.3, 0.4) is 0 Å². The maximum atomic E-state index is 11.6. The maximum absolute atomic E-state index is 11.6. The van der Waals surface area contributed by atoms with Gasteiger partial charge in [-0.25, -0.2) is 9.78 Å². The van der Waals surface area contributed by atoms with Crippen LogP contribution in [0.1, 0.15) is 31.3 Å². The normalized spacial score (nSPS) is 10.4. The molecule has 0 saturated heterocycles. The molecule has 0 aromatic carbocycles. The average molecular weight is 220 g/mol. The highest BCUT2D eigenvalue weighted by Gasteiger charge is 2.18. The molecule has 1 heterocycles. The van der Waals surface area contributed by atoms with Crippen molar-refractivity contribution in [3.8, 4) is 0 Å². The smallest absolute Gasteiger partial charge is 0.357 e. The van der Waals surface area contributed by atoms with Gasteiger partial charge in [0, 0.05) is 16.8 Å². The van der Waals surface area contributed by atoms with E-state index in [2.05, 4.69) is 15.0 Å². The zero-order valence-electron chi connectivity index (χ0n) is 9.34. The number of carbonyl (C=O) groups excluding carboxylic acids is 1. The molecular formula is C10H12N4O2. The first-order valence-corrected chi connectivity index (χ1v) is 4.67. The van der Waals surface area contributed by atoms with E-state index in [-0.39, 0.29) is 5.69 Å². The number of azide groups is 1. The van der Waals surface area contributed by atoms with Gasteiger partial charge in [-0.3, -0.25) is 0 Å². The third kappa shape index (κ3) is 3.59. The van der Waals surface area contributed by atoms with E-state index in [9.17, 15) is 4.79 Å². The molecule has 0 aliphatic heterocycles. The van der Waals surface area contributed by atoms with Crippen LogP contribution >= 0.6 is 0 Å². The lowest BCUT2D eigenvalue weighted by molar-refractivity contribution is 0.00629. The van der Waals surface area contributed by atoms with Crippen LogP contribution < -0.4 is 0 Å². The molecule has 1 aromatic rings. The highest BCUT2D eigenvalue weighted by atomic mass is 16.6. The van der Waals surface area contributed by atoms with Crippen LogP contribution in [-0.2, 0) is 4.74 Å². The highest BCUT2D eigenvalue weighted by molar-refractivity contribution is 5.88. The number of pyridine rings is 1. The summed E-state index contributed by atoms with van der Waals surface area (Å²) in [6, 6.07) is 2.89. The fourth-order valence-corrected chi connectivity index (χ4v) is 0.975. The van der Waals surface area contributed by atoms with E-state index in [1.54, 1.807) is 20.8 Å². The van der Waals surface area contributed by atoms with Gasteiger partial charge in [-0.05, 0) is 38.4 Å². The molecule has 0 radical (unpaired) electrons. The zero-order valence-corrected chi connectivity index (χ0v) is 9.34. The van der Waals surface area contributed by atoms with E-state index in [1.807, 2.05) is 0 Å². The van der Waals surface area contributed by atoms with Gasteiger partial charge in [0.1, 0.15) is 11.3 Å². The van der Waals surface area contributed by atoms with E-state index in [1.165, 1.54) is 18.3 Å². The molecule has 6 nitrogen and oxygen atoms in total. The summed E-state index contributed by atoms with van der Waals surface area (Å²) in [7, 11) is 0. The predicted molar refractivity (Wildman–Crippen MR) is 58.2 cm³/mol. The predicted octanol–water partition coefficient (Wildman–Crippen LogP) is 2.98. The Labute approximate surface area is 92.9 Å². The van der Waals surface area contributed by atoms with Crippen molar-refractivity contribution in [2.45, 2.75) is 26.4 Å². The molecular weight excluding hydrogens is 208 g/mol. The van der Waals surface area contributed by atoms with E-state index in [0.717, 1.165) is 0 Å². The lowest BCUT2D eigenvalue weighted by Crippen LogP contribution is -2.24. The summed E-state index contributed by atoms with van der Waals surface area (Å²) < 4.78 is 5.12. The second-order valence-electron chi connectivity index (χ2n) is 4.09. The molecule has 1 rings (SSSR count). The molecule has 0 aliphatic carbocycles. The number of ether oxygens (including phenoxy) is 1. The average Bonchev–Trinajstić information content (AvgIpc) is 2.16. The Kier molecular flexibility index (Phi) is 3.48. The van der Waals surface area contributed by atoms with Crippen LogP contribution in [0.15, 0.2) is 23.4 Å². The summed E-state index contributed by atoms with van der Waals surface area (Å²) in [5, 5.41) is 3.38. The molecule has 0 unspecified atom stereocenters. The van der Waals surface area contributed by atoms with Crippen LogP contribution in [-0.4, -0.2) is 16.6 Å². The number of hydrogen-bond acceptors (Lipinski definition) is 4. The largest absolute Gasteiger partial charge is 0.455 e. The second kappa shape index (κ2) is 4.63. The number of carbonyl (C=O) groups is 1. The van der Waals surface area contributed by atoms with Gasteiger partial charge < -0.3 is 4.74 Å². The monoisotopic (exact) mass is 220 g/mol. The van der Waals surface area contributed by atoms with Gasteiger partial charge in [-0.1, -0.05) is 5.11 Å². The molecule has 0 aliphatic rings. The summed E-state index contributed by atoms with van der Waals surface area (Å²) in [6.45, 7) is 5.30. The summed E-state index contributed by atoms with van der Waals surface area (Å²) in [4.78, 5) is 18.1. The van der Waals surface area contributed by atoms with Crippen molar-refractivity contribution in [3.05, 3.63) is 34.5 Å². The molecule has 0 N–H and O–H groups in total. The van der Waals surface area contributed by atoms with Gasteiger partial charge in [0.2, 0.25) is 0 Å². The molecule has 16 heavy (non-hydrogen) atoms. The molecule has 84 valence electrons. The van der Waals surface area contributed by atoms with E-state index >= 15 is 0 Å². The van der Waals surface area contributed by atoms with Crippen LogP contribution in [0.25, 0.3) is 10.4 Å². The highest BCUT2D eigenvalue weighted by Crippen LogP contribution is 2.15. The summed E-state index contributed by atoms with van der Waals surface area (Å²) in [5.41, 5.74) is 8.14. The maximum Gasteiger partial charge on any atom is 0.357 e. The van der Waals surface area contributed by atoms with Crippen molar-refractivity contribution in [1.29, 1.82) is 0 Å². The molecule has 0 fully saturated rings. The molecule has 0 saturated carbocycles. The summed E-state index contributed by atoms with van der Waals surface area (Å²) >= 11 is 0. The molecule has 6 heteroatoms. The first kappa shape index (κ1) is 12.0. The number of esters is 1. The zero-order chi connectivity index (χ0) is 12.2. The summed E-state index contributed by atoms with van der Waals surface area (Å²) in [6.07, 6.45) is 1.39. The van der Waals surface area contributed by atoms with Crippen molar-refractivity contribution >= 4 is 11.7 Å². The minimum Gasteiger partial charge on any atom is -0.455 e. The lowest BCUT2D eigenvalue weighted by Gasteiger charge is -2.18. The van der Waals surface area contributed by atoms with E-state index in [0.29, 0.717) is 5.69 Å². The first-order valence-electron chi connectivity index (χ1n) is 4.67. The Morgan fingerprint density at radius 1 is 1.56 bits per heavy atom. The van der Waals surface area contributed by atoms with Crippen molar-refractivity contribution in [2.24, 2.45) is 5.11 Å². The minimum absolute atomic E-state index is 0.125. The Morgan fingerprint density at radius 2 is 2.25 bits per heavy atom. The Bertz CT molecular complexity index is 444. The van der Waals surface area contributed by atoms with Gasteiger partial charge in [-0.2, -0.15) is 0 Å². The molecule has 0 amide bonds. The van der Waals surface area contributed by atoms with Gasteiger partial charge in [0.15, 0.2) is 0 Å². The lowest BCUT2D eigenvalue weighted by atomic mass is 10.2. The fraction of sp³-hybridized carbons (Fsp3) is 0.400. The van der Waals surface area contributed by atoms with Crippen molar-refractivity contribution < 1.29 is 9.53 Å². The number of rotatable bonds is 2. The van der Waals surface area contributed by atoms with E-state index < -0.39 is 11.6 Å². The minimum atomic E-state index is -0.576. The van der Waals surface area contributed by atoms with Gasteiger partial charge >= 0.3 is 5.97 Å². The van der Waals surface area contributed by atoms with Crippen molar-refractivity contribution in [1.82, 2.24) is 4.98 Å². The van der Waals surface area contributed by atoms with Crippen LogP contribution in [0.4, 0.5) is 5.69 Å². The quantitative estimate of drug-likeness (QED) is 0.332. The Morgan fingerprint density at radius 3 is 2.81 bits per heavy atom. The third-order valence-electron chi connectivity index (χ3n) is 1.51. The number of nitrogens with zero attached hydrogens (tertiary/aromatic N) is 4. The number of aromatic nitrogens is 1. The van der Waals surface area contributed by atoms with Gasteiger partial charge in [-0.15, -0.1) is 0 Å². The fourth-order valence-electron chi connectivity index (χ4n) is 0.975. The van der Waals surface area contributed by atoms with Crippen LogP contribution in [0.5, 0.6) is 0 Å². The second-order valence-corrected chi connectivity index (χ2v) is 4.09. The Balaban J connectivity index is 2.92. The topological polar surface area (TPSA) is 88.0 Å². The van der Waals surface area contributed by atoms with Gasteiger partial charge in [0.25, 0.3) is 0 Å². The van der Waals surface area contributed by atoms with Crippen LogP contribution in [0.2, 0.25) is 0 Å². The third-order valence-corrected chi connectivity index (χ3v) is 1.51. The molecule has 0 spiro atoms. The SMILES string of the molecule is CC(C)(C)OC(=O)c1cc(N=[N+]=[N-])ccn1.